The van der Waals surface area contributed by atoms with Gasteiger partial charge < -0.3 is 9.84 Å². The number of benzene rings is 1. The molecule has 1 aromatic carbocycles. The van der Waals surface area contributed by atoms with E-state index in [4.69, 9.17) is 4.74 Å². The third kappa shape index (κ3) is 2.53. The van der Waals surface area contributed by atoms with Crippen LogP contribution in [0.5, 0.6) is 0 Å². The molecule has 1 saturated carbocycles. The first-order valence-corrected chi connectivity index (χ1v) is 8.65. The molecule has 1 spiro atoms. The van der Waals surface area contributed by atoms with Crippen molar-refractivity contribution in [2.24, 2.45) is 11.8 Å². The van der Waals surface area contributed by atoms with Crippen molar-refractivity contribution < 1.29 is 9.84 Å². The third-order valence-electron chi connectivity index (χ3n) is 6.09. The lowest BCUT2D eigenvalue weighted by atomic mass is 9.77. The van der Waals surface area contributed by atoms with Crippen molar-refractivity contribution in [2.75, 3.05) is 6.61 Å². The van der Waals surface area contributed by atoms with Crippen LogP contribution >= 0.6 is 0 Å². The van der Waals surface area contributed by atoms with Gasteiger partial charge in [0.15, 0.2) is 0 Å². The van der Waals surface area contributed by atoms with Crippen molar-refractivity contribution >= 4 is 0 Å². The summed E-state index contributed by atoms with van der Waals surface area (Å²) in [5, 5.41) is 10.9. The number of ether oxygens (including phenoxy) is 1. The highest BCUT2D eigenvalue weighted by atomic mass is 16.5. The molecule has 2 nitrogen and oxygen atoms in total. The molecule has 1 N–H and O–H groups in total. The first-order chi connectivity index (χ1) is 10.3. The smallest absolute Gasteiger partial charge is 0.0686 e. The second-order valence-corrected chi connectivity index (χ2v) is 7.42. The average molecular weight is 286 g/mol. The zero-order valence-electron chi connectivity index (χ0n) is 12.8. The number of hydrogen-bond acceptors (Lipinski definition) is 2. The van der Waals surface area contributed by atoms with Gasteiger partial charge in [0.1, 0.15) is 0 Å². The van der Waals surface area contributed by atoms with Crippen molar-refractivity contribution in [1.29, 1.82) is 0 Å². The molecule has 21 heavy (non-hydrogen) atoms. The number of rotatable bonds is 2. The molecule has 0 aromatic heterocycles. The second kappa shape index (κ2) is 5.40. The van der Waals surface area contributed by atoms with Crippen molar-refractivity contribution in [3.63, 3.8) is 0 Å². The van der Waals surface area contributed by atoms with Crippen molar-refractivity contribution in [1.82, 2.24) is 0 Å². The zero-order chi connectivity index (χ0) is 14.3. The first kappa shape index (κ1) is 13.8. The van der Waals surface area contributed by atoms with E-state index in [2.05, 4.69) is 24.3 Å². The summed E-state index contributed by atoms with van der Waals surface area (Å²) >= 11 is 0. The van der Waals surface area contributed by atoms with Crippen LogP contribution in [0.25, 0.3) is 0 Å². The normalized spacial score (nSPS) is 29.7. The summed E-state index contributed by atoms with van der Waals surface area (Å²) in [7, 11) is 0. The van der Waals surface area contributed by atoms with Gasteiger partial charge in [0.2, 0.25) is 0 Å². The predicted molar refractivity (Wildman–Crippen MR) is 83.2 cm³/mol. The maximum atomic E-state index is 10.9. The average Bonchev–Trinajstić information content (AvgIpc) is 3.13. The highest BCUT2D eigenvalue weighted by Gasteiger charge is 2.43. The highest BCUT2D eigenvalue weighted by Crippen LogP contribution is 2.44. The van der Waals surface area contributed by atoms with E-state index in [0.717, 1.165) is 32.3 Å². The molecule has 2 fully saturated rings. The summed E-state index contributed by atoms with van der Waals surface area (Å²) in [6.45, 7) is 0.849. The van der Waals surface area contributed by atoms with Gasteiger partial charge in [0.25, 0.3) is 0 Å². The number of hydrogen-bond donors (Lipinski definition) is 1. The fraction of sp³-hybridized carbons (Fsp3) is 0.684. The van der Waals surface area contributed by atoms with Gasteiger partial charge >= 0.3 is 0 Å². The summed E-state index contributed by atoms with van der Waals surface area (Å²) in [5.41, 5.74) is 3.02. The molecule has 0 bridgehead atoms. The Balaban J connectivity index is 1.45. The lowest BCUT2D eigenvalue weighted by Gasteiger charge is -2.41. The molecular formula is C19H26O2. The Morgan fingerprint density at radius 1 is 1.05 bits per heavy atom. The monoisotopic (exact) mass is 286 g/mol. The van der Waals surface area contributed by atoms with Crippen molar-refractivity contribution in [2.45, 2.75) is 63.1 Å². The molecule has 2 atom stereocenters. The summed E-state index contributed by atoms with van der Waals surface area (Å²) in [6.07, 6.45) is 9.11. The number of fused-ring (bicyclic) bond motifs is 1. The van der Waals surface area contributed by atoms with Crippen LogP contribution in [-0.2, 0) is 17.6 Å². The van der Waals surface area contributed by atoms with E-state index in [-0.39, 0.29) is 11.7 Å². The topological polar surface area (TPSA) is 29.5 Å². The minimum absolute atomic E-state index is 0.120. The Kier molecular flexibility index (Phi) is 3.55. The Morgan fingerprint density at radius 2 is 1.71 bits per heavy atom. The molecule has 2 heteroatoms. The van der Waals surface area contributed by atoms with Gasteiger partial charge in [-0.1, -0.05) is 37.1 Å². The predicted octanol–water partition coefficient (Wildman–Crippen LogP) is 3.50. The standard InChI is InChI=1S/C19H26O2/c20-18(17-11-14-5-1-2-6-15(14)12-17)16-7-10-21-19(13-16)8-3-4-9-19/h1-2,5-6,16-18,20H,3-4,7-13H2. The lowest BCUT2D eigenvalue weighted by molar-refractivity contribution is -0.119. The molecule has 2 aliphatic carbocycles. The maximum Gasteiger partial charge on any atom is 0.0686 e. The fourth-order valence-corrected chi connectivity index (χ4v) is 4.94. The van der Waals surface area contributed by atoms with Gasteiger partial charge in [-0.05, 0) is 61.5 Å². The molecule has 114 valence electrons. The van der Waals surface area contributed by atoms with Crippen LogP contribution in [0.1, 0.15) is 49.7 Å². The summed E-state index contributed by atoms with van der Waals surface area (Å²) in [5.74, 6) is 0.861. The van der Waals surface area contributed by atoms with Crippen LogP contribution in [0, 0.1) is 11.8 Å². The molecule has 4 rings (SSSR count). The van der Waals surface area contributed by atoms with E-state index < -0.39 is 0 Å². The number of aliphatic hydroxyl groups is 1. The van der Waals surface area contributed by atoms with Gasteiger partial charge in [0, 0.05) is 6.61 Å². The minimum Gasteiger partial charge on any atom is -0.393 e. The van der Waals surface area contributed by atoms with Crippen LogP contribution < -0.4 is 0 Å². The summed E-state index contributed by atoms with van der Waals surface area (Å²) in [4.78, 5) is 0. The number of aliphatic hydroxyl groups excluding tert-OH is 1. The molecule has 1 aliphatic heterocycles. The second-order valence-electron chi connectivity index (χ2n) is 7.42. The first-order valence-electron chi connectivity index (χ1n) is 8.65. The van der Waals surface area contributed by atoms with Crippen LogP contribution in [0.2, 0.25) is 0 Å². The van der Waals surface area contributed by atoms with E-state index in [1.165, 1.54) is 36.8 Å². The van der Waals surface area contributed by atoms with Crippen LogP contribution in [0.4, 0.5) is 0 Å². The Morgan fingerprint density at radius 3 is 2.38 bits per heavy atom. The summed E-state index contributed by atoms with van der Waals surface area (Å²) < 4.78 is 6.12. The molecule has 2 unspecified atom stereocenters. The van der Waals surface area contributed by atoms with E-state index >= 15 is 0 Å². The van der Waals surface area contributed by atoms with Crippen LogP contribution in [0.15, 0.2) is 24.3 Å². The van der Waals surface area contributed by atoms with Gasteiger partial charge in [0.05, 0.1) is 11.7 Å². The lowest BCUT2D eigenvalue weighted by Crippen LogP contribution is -2.43. The van der Waals surface area contributed by atoms with Crippen LogP contribution in [0.3, 0.4) is 0 Å². The zero-order valence-corrected chi connectivity index (χ0v) is 12.8. The van der Waals surface area contributed by atoms with E-state index in [9.17, 15) is 5.11 Å². The molecule has 0 radical (unpaired) electrons. The van der Waals surface area contributed by atoms with Crippen molar-refractivity contribution in [3.05, 3.63) is 35.4 Å². The SMILES string of the molecule is OC(C1Cc2ccccc2C1)C1CCOC2(CCCC2)C1. The van der Waals surface area contributed by atoms with Crippen LogP contribution in [-0.4, -0.2) is 23.4 Å². The molecule has 1 aromatic rings. The Hall–Kier alpha value is -0.860. The molecule has 0 amide bonds. The van der Waals surface area contributed by atoms with Gasteiger partial charge in [-0.2, -0.15) is 0 Å². The Bertz CT molecular complexity index is 479. The minimum atomic E-state index is -0.154. The third-order valence-corrected chi connectivity index (χ3v) is 6.09. The maximum absolute atomic E-state index is 10.9. The molecular weight excluding hydrogens is 260 g/mol. The van der Waals surface area contributed by atoms with Crippen molar-refractivity contribution in [3.8, 4) is 0 Å². The molecule has 1 heterocycles. The highest BCUT2D eigenvalue weighted by molar-refractivity contribution is 5.32. The van der Waals surface area contributed by atoms with Gasteiger partial charge in [-0.3, -0.25) is 0 Å². The van der Waals surface area contributed by atoms with E-state index in [1.54, 1.807) is 0 Å². The van der Waals surface area contributed by atoms with Gasteiger partial charge in [-0.25, -0.2) is 0 Å². The van der Waals surface area contributed by atoms with Gasteiger partial charge in [-0.15, -0.1) is 0 Å². The molecule has 3 aliphatic rings. The van der Waals surface area contributed by atoms with E-state index in [1.807, 2.05) is 0 Å². The Labute approximate surface area is 127 Å². The fourth-order valence-electron chi connectivity index (χ4n) is 4.94. The van der Waals surface area contributed by atoms with E-state index in [0.29, 0.717) is 11.8 Å². The quantitative estimate of drug-likeness (QED) is 0.901. The largest absolute Gasteiger partial charge is 0.393 e. The summed E-state index contributed by atoms with van der Waals surface area (Å²) in [6, 6.07) is 8.69. The molecule has 1 saturated heterocycles.